The molecule has 32 heavy (non-hydrogen) atoms. The van der Waals surface area contributed by atoms with E-state index in [0.717, 1.165) is 16.8 Å². The van der Waals surface area contributed by atoms with Crippen LogP contribution in [-0.4, -0.2) is 33.1 Å². The predicted octanol–water partition coefficient (Wildman–Crippen LogP) is 4.24. The fourth-order valence-corrected chi connectivity index (χ4v) is 4.75. The second kappa shape index (κ2) is 8.91. The zero-order valence-electron chi connectivity index (χ0n) is 18.7. The molecule has 0 amide bonds. The van der Waals surface area contributed by atoms with Crippen LogP contribution in [0.4, 0.5) is 0 Å². The molecule has 1 heterocycles. The Kier molecular flexibility index (Phi) is 6.04. The summed E-state index contributed by atoms with van der Waals surface area (Å²) in [6.45, 7) is 1.84. The van der Waals surface area contributed by atoms with Gasteiger partial charge in [-0.2, -0.15) is 0 Å². The molecule has 1 aliphatic heterocycles. The van der Waals surface area contributed by atoms with Crippen LogP contribution in [0.3, 0.4) is 0 Å². The first-order chi connectivity index (χ1) is 15.5. The van der Waals surface area contributed by atoms with Crippen molar-refractivity contribution in [2.45, 2.75) is 31.6 Å². The van der Waals surface area contributed by atoms with Crippen molar-refractivity contribution in [3.8, 4) is 11.5 Å². The molecular formula is C26H27NO5. The van der Waals surface area contributed by atoms with Gasteiger partial charge in [0.1, 0.15) is 11.5 Å². The molecule has 0 saturated heterocycles. The Morgan fingerprint density at radius 1 is 1.00 bits per heavy atom. The van der Waals surface area contributed by atoms with E-state index in [1.165, 1.54) is 7.11 Å². The minimum atomic E-state index is -0.580. The van der Waals surface area contributed by atoms with Crippen molar-refractivity contribution in [2.75, 3.05) is 21.3 Å². The highest BCUT2D eigenvalue weighted by Crippen LogP contribution is 2.48. The quantitative estimate of drug-likeness (QED) is 0.711. The molecule has 0 saturated carbocycles. The van der Waals surface area contributed by atoms with E-state index in [2.05, 4.69) is 17.4 Å². The van der Waals surface area contributed by atoms with Crippen molar-refractivity contribution in [1.82, 2.24) is 5.32 Å². The van der Waals surface area contributed by atoms with Crippen molar-refractivity contribution in [1.29, 1.82) is 0 Å². The molecule has 1 aliphatic carbocycles. The fourth-order valence-electron chi connectivity index (χ4n) is 4.75. The largest absolute Gasteiger partial charge is 0.497 e. The van der Waals surface area contributed by atoms with E-state index in [4.69, 9.17) is 14.2 Å². The van der Waals surface area contributed by atoms with E-state index in [1.807, 2.05) is 37.3 Å². The van der Waals surface area contributed by atoms with Crippen molar-refractivity contribution >= 4 is 11.8 Å². The summed E-state index contributed by atoms with van der Waals surface area (Å²) >= 11 is 0. The van der Waals surface area contributed by atoms with Crippen LogP contribution >= 0.6 is 0 Å². The SMILES string of the molecule is COC(=O)C1=C(C)NC2=C(C(=O)CC(c3ccccc3)C2)C1c1ccc(OC)cc1OC. The van der Waals surface area contributed by atoms with Crippen LogP contribution in [0, 0.1) is 0 Å². The van der Waals surface area contributed by atoms with Gasteiger partial charge in [-0.3, -0.25) is 4.79 Å². The van der Waals surface area contributed by atoms with Crippen molar-refractivity contribution in [3.05, 3.63) is 82.2 Å². The maximum absolute atomic E-state index is 13.5. The Balaban J connectivity index is 1.86. The number of methoxy groups -OCH3 is 3. The smallest absolute Gasteiger partial charge is 0.336 e. The van der Waals surface area contributed by atoms with Gasteiger partial charge in [-0.25, -0.2) is 4.79 Å². The molecule has 2 aliphatic rings. The van der Waals surface area contributed by atoms with Crippen molar-refractivity contribution < 1.29 is 23.8 Å². The lowest BCUT2D eigenvalue weighted by molar-refractivity contribution is -0.136. The average Bonchev–Trinajstić information content (AvgIpc) is 2.82. The summed E-state index contributed by atoms with van der Waals surface area (Å²) in [5.74, 6) is 0.236. The van der Waals surface area contributed by atoms with Crippen LogP contribution in [0.2, 0.25) is 0 Å². The number of ether oxygens (including phenoxy) is 3. The fraction of sp³-hybridized carbons (Fsp3) is 0.308. The summed E-state index contributed by atoms with van der Waals surface area (Å²) in [6.07, 6.45) is 1.07. The predicted molar refractivity (Wildman–Crippen MR) is 121 cm³/mol. The molecule has 4 rings (SSSR count). The number of nitrogens with one attached hydrogen (secondary N) is 1. The third kappa shape index (κ3) is 3.77. The molecule has 2 atom stereocenters. The average molecular weight is 434 g/mol. The molecule has 1 N–H and O–H groups in total. The first kappa shape index (κ1) is 21.7. The maximum atomic E-state index is 13.5. The Bertz CT molecular complexity index is 1120. The molecule has 0 aromatic heterocycles. The zero-order valence-corrected chi connectivity index (χ0v) is 18.7. The van der Waals surface area contributed by atoms with Crippen molar-refractivity contribution in [3.63, 3.8) is 0 Å². The molecule has 0 fully saturated rings. The molecule has 6 heteroatoms. The number of ketones is 1. The van der Waals surface area contributed by atoms with E-state index in [0.29, 0.717) is 41.2 Å². The highest BCUT2D eigenvalue weighted by Gasteiger charge is 2.42. The van der Waals surface area contributed by atoms with E-state index in [-0.39, 0.29) is 11.7 Å². The van der Waals surface area contributed by atoms with Gasteiger partial charge in [0.2, 0.25) is 0 Å². The van der Waals surface area contributed by atoms with Gasteiger partial charge in [-0.1, -0.05) is 36.4 Å². The number of rotatable bonds is 5. The Morgan fingerprint density at radius 2 is 1.75 bits per heavy atom. The Hall–Kier alpha value is -3.54. The van der Waals surface area contributed by atoms with Crippen molar-refractivity contribution in [2.24, 2.45) is 0 Å². The van der Waals surface area contributed by atoms with Gasteiger partial charge in [0.25, 0.3) is 0 Å². The second-order valence-corrected chi connectivity index (χ2v) is 8.03. The first-order valence-electron chi connectivity index (χ1n) is 10.6. The number of Topliss-reactive ketones (excluding diaryl/α,β-unsaturated/α-hetero) is 1. The lowest BCUT2D eigenvalue weighted by Crippen LogP contribution is -2.36. The summed E-state index contributed by atoms with van der Waals surface area (Å²) in [4.78, 5) is 26.4. The number of carbonyl (C=O) groups excluding carboxylic acids is 2. The number of carbonyl (C=O) groups is 2. The summed E-state index contributed by atoms with van der Waals surface area (Å²) in [5.41, 5.74) is 4.41. The third-order valence-corrected chi connectivity index (χ3v) is 6.26. The van der Waals surface area contributed by atoms with Gasteiger partial charge < -0.3 is 19.5 Å². The van der Waals surface area contributed by atoms with Crippen LogP contribution in [-0.2, 0) is 14.3 Å². The molecular weight excluding hydrogens is 406 g/mol. The molecule has 166 valence electrons. The monoisotopic (exact) mass is 433 g/mol. The number of dihydropyridines is 1. The highest BCUT2D eigenvalue weighted by atomic mass is 16.5. The molecule has 2 aromatic rings. The number of esters is 1. The molecule has 2 unspecified atom stereocenters. The van der Waals surface area contributed by atoms with E-state index in [1.54, 1.807) is 20.3 Å². The summed E-state index contributed by atoms with van der Waals surface area (Å²) < 4.78 is 16.1. The number of benzene rings is 2. The maximum Gasteiger partial charge on any atom is 0.336 e. The lowest BCUT2D eigenvalue weighted by Gasteiger charge is -2.37. The van der Waals surface area contributed by atoms with Crippen LogP contribution in [0.5, 0.6) is 11.5 Å². The van der Waals surface area contributed by atoms with Crippen LogP contribution < -0.4 is 14.8 Å². The van der Waals surface area contributed by atoms with Gasteiger partial charge in [0.15, 0.2) is 5.78 Å². The van der Waals surface area contributed by atoms with E-state index in [9.17, 15) is 9.59 Å². The summed E-state index contributed by atoms with van der Waals surface area (Å²) in [6, 6.07) is 15.5. The molecule has 0 spiro atoms. The van der Waals surface area contributed by atoms with E-state index >= 15 is 0 Å². The Labute approximate surface area is 187 Å². The number of hydrogen-bond acceptors (Lipinski definition) is 6. The van der Waals surface area contributed by atoms with Gasteiger partial charge in [0, 0.05) is 35.0 Å². The van der Waals surface area contributed by atoms with Crippen LogP contribution in [0.15, 0.2) is 71.1 Å². The topological polar surface area (TPSA) is 73.9 Å². The summed E-state index contributed by atoms with van der Waals surface area (Å²) in [5, 5.41) is 3.35. The molecule has 2 aromatic carbocycles. The zero-order chi connectivity index (χ0) is 22.8. The number of hydrogen-bond donors (Lipinski definition) is 1. The molecule has 6 nitrogen and oxygen atoms in total. The first-order valence-corrected chi connectivity index (χ1v) is 10.6. The lowest BCUT2D eigenvalue weighted by atomic mass is 9.71. The third-order valence-electron chi connectivity index (χ3n) is 6.26. The summed E-state index contributed by atoms with van der Waals surface area (Å²) in [7, 11) is 4.50. The highest BCUT2D eigenvalue weighted by molar-refractivity contribution is 6.04. The molecule has 0 bridgehead atoms. The van der Waals surface area contributed by atoms with Crippen LogP contribution in [0.1, 0.15) is 42.7 Å². The van der Waals surface area contributed by atoms with Gasteiger partial charge in [-0.15, -0.1) is 0 Å². The standard InChI is InChI=1S/C26H27NO5/c1-15-23(26(29)32-4)24(19-11-10-18(30-2)14-22(19)31-3)25-20(27-15)12-17(13-21(25)28)16-8-6-5-7-9-16/h5-11,14,17,24,27H,12-13H2,1-4H3. The molecule has 0 radical (unpaired) electrons. The number of allylic oxidation sites excluding steroid dienone is 3. The normalized spacial score (nSPS) is 20.4. The van der Waals surface area contributed by atoms with Crippen LogP contribution in [0.25, 0.3) is 0 Å². The second-order valence-electron chi connectivity index (χ2n) is 8.03. The van der Waals surface area contributed by atoms with Gasteiger partial charge in [-0.05, 0) is 30.9 Å². The van der Waals surface area contributed by atoms with E-state index < -0.39 is 11.9 Å². The minimum Gasteiger partial charge on any atom is -0.497 e. The minimum absolute atomic E-state index is 0.0179. The van der Waals surface area contributed by atoms with Gasteiger partial charge in [0.05, 0.1) is 32.8 Å². The Morgan fingerprint density at radius 3 is 2.41 bits per heavy atom. The van der Waals surface area contributed by atoms with Gasteiger partial charge >= 0.3 is 5.97 Å².